The minimum absolute atomic E-state index is 0.00924. The first kappa shape index (κ1) is 23.7. The maximum absolute atomic E-state index is 13.0. The van der Waals surface area contributed by atoms with E-state index in [1.165, 1.54) is 19.3 Å². The van der Waals surface area contributed by atoms with Crippen LogP contribution < -0.4 is 0 Å². The molecular formula is C25H30N4O3S2. The molecule has 1 saturated heterocycles. The van der Waals surface area contributed by atoms with Gasteiger partial charge in [-0.1, -0.05) is 0 Å². The number of thioether (sulfide) groups is 1. The molecule has 180 valence electrons. The number of rotatable bonds is 7. The molecule has 2 fully saturated rings. The van der Waals surface area contributed by atoms with Crippen LogP contribution in [0.25, 0.3) is 10.2 Å². The summed E-state index contributed by atoms with van der Waals surface area (Å²) in [5.41, 5.74) is 1.64. The number of hydrogen-bond acceptors (Lipinski definition) is 8. The van der Waals surface area contributed by atoms with Crippen LogP contribution in [-0.4, -0.2) is 69.5 Å². The topological polar surface area (TPSA) is 88.4 Å². The van der Waals surface area contributed by atoms with E-state index in [-0.39, 0.29) is 18.6 Å². The summed E-state index contributed by atoms with van der Waals surface area (Å²) in [4.78, 5) is 29.7. The molecule has 0 spiro atoms. The summed E-state index contributed by atoms with van der Waals surface area (Å²) in [5.74, 6) is 2.22. The molecule has 1 aliphatic heterocycles. The van der Waals surface area contributed by atoms with Crippen molar-refractivity contribution in [2.75, 3.05) is 32.6 Å². The number of aliphatic hydroxyl groups excluding tert-OH is 1. The van der Waals surface area contributed by atoms with Crippen molar-refractivity contribution >= 4 is 39.2 Å². The van der Waals surface area contributed by atoms with Gasteiger partial charge in [-0.15, -0.1) is 23.1 Å². The van der Waals surface area contributed by atoms with Crippen LogP contribution >= 0.6 is 23.1 Å². The number of thiazole rings is 1. The van der Waals surface area contributed by atoms with Crippen molar-refractivity contribution in [3.63, 3.8) is 0 Å². The zero-order valence-electron chi connectivity index (χ0n) is 19.4. The van der Waals surface area contributed by atoms with E-state index in [1.807, 2.05) is 36.8 Å². The predicted molar refractivity (Wildman–Crippen MR) is 134 cm³/mol. The molecule has 3 heterocycles. The van der Waals surface area contributed by atoms with Gasteiger partial charge in [0.2, 0.25) is 0 Å². The number of amides is 1. The van der Waals surface area contributed by atoms with E-state index < -0.39 is 0 Å². The number of aromatic nitrogens is 3. The Balaban J connectivity index is 1.20. The van der Waals surface area contributed by atoms with Gasteiger partial charge in [0.05, 0.1) is 34.5 Å². The molecule has 1 amide bonds. The molecule has 0 unspecified atom stereocenters. The monoisotopic (exact) mass is 498 g/mol. The van der Waals surface area contributed by atoms with E-state index in [1.54, 1.807) is 28.0 Å². The first-order valence-electron chi connectivity index (χ1n) is 11.9. The summed E-state index contributed by atoms with van der Waals surface area (Å²) < 4.78 is 6.53. The second-order valence-corrected chi connectivity index (χ2v) is 11.2. The van der Waals surface area contributed by atoms with E-state index in [0.29, 0.717) is 37.1 Å². The highest BCUT2D eigenvalue weighted by molar-refractivity contribution is 7.98. The van der Waals surface area contributed by atoms with E-state index in [4.69, 9.17) is 9.72 Å². The fourth-order valence-corrected chi connectivity index (χ4v) is 6.43. The summed E-state index contributed by atoms with van der Waals surface area (Å²) in [6.07, 6.45) is 11.2. The van der Waals surface area contributed by atoms with Gasteiger partial charge in [0.25, 0.3) is 5.91 Å². The number of fused-ring (bicyclic) bond motifs is 1. The van der Waals surface area contributed by atoms with Crippen molar-refractivity contribution < 1.29 is 14.6 Å². The smallest absolute Gasteiger partial charge is 0.254 e. The number of hydrogen-bond donors (Lipinski definition) is 1. The molecule has 0 radical (unpaired) electrons. The van der Waals surface area contributed by atoms with Gasteiger partial charge in [0.15, 0.2) is 0 Å². The Morgan fingerprint density at radius 2 is 2.03 bits per heavy atom. The summed E-state index contributed by atoms with van der Waals surface area (Å²) in [6, 6.07) is 5.79. The van der Waals surface area contributed by atoms with Crippen molar-refractivity contribution in [2.45, 2.75) is 43.1 Å². The Morgan fingerprint density at radius 1 is 1.24 bits per heavy atom. The lowest BCUT2D eigenvalue weighted by Crippen LogP contribution is -2.46. The molecule has 1 N–H and O–H groups in total. The lowest BCUT2D eigenvalue weighted by Gasteiger charge is -2.32. The minimum Gasteiger partial charge on any atom is -0.394 e. The molecule has 34 heavy (non-hydrogen) atoms. The van der Waals surface area contributed by atoms with Crippen LogP contribution in [0.1, 0.15) is 40.5 Å². The first-order chi connectivity index (χ1) is 16.6. The molecule has 1 saturated carbocycles. The van der Waals surface area contributed by atoms with E-state index in [0.717, 1.165) is 38.8 Å². The largest absolute Gasteiger partial charge is 0.394 e. The van der Waals surface area contributed by atoms with Gasteiger partial charge in [-0.2, -0.15) is 0 Å². The Labute approximate surface area is 208 Å². The van der Waals surface area contributed by atoms with Gasteiger partial charge in [-0.05, 0) is 55.6 Å². The van der Waals surface area contributed by atoms with Crippen LogP contribution in [0.15, 0.2) is 35.5 Å². The van der Waals surface area contributed by atoms with Gasteiger partial charge in [0, 0.05) is 48.8 Å². The van der Waals surface area contributed by atoms with Crippen molar-refractivity contribution in [1.29, 1.82) is 0 Å². The molecule has 9 heteroatoms. The second-order valence-electron chi connectivity index (χ2n) is 9.21. The molecule has 5 rings (SSSR count). The lowest BCUT2D eigenvalue weighted by atomic mass is 9.99. The van der Waals surface area contributed by atoms with Crippen LogP contribution in [0.3, 0.4) is 0 Å². The zero-order valence-corrected chi connectivity index (χ0v) is 21.0. The van der Waals surface area contributed by atoms with Gasteiger partial charge >= 0.3 is 0 Å². The fourth-order valence-electron chi connectivity index (χ4n) is 5.00. The molecule has 2 aliphatic rings. The summed E-state index contributed by atoms with van der Waals surface area (Å²) in [6.45, 7) is 1.37. The van der Waals surface area contributed by atoms with E-state index in [2.05, 4.69) is 9.97 Å². The maximum atomic E-state index is 13.0. The molecule has 1 aliphatic carbocycles. The third kappa shape index (κ3) is 5.43. The van der Waals surface area contributed by atoms with Crippen molar-refractivity contribution in [2.24, 2.45) is 11.8 Å². The molecular weight excluding hydrogens is 468 g/mol. The first-order valence-corrected chi connectivity index (χ1v) is 13.9. The predicted octanol–water partition coefficient (Wildman–Crippen LogP) is 3.84. The number of ether oxygens (including phenoxy) is 1. The Kier molecular flexibility index (Phi) is 7.43. The summed E-state index contributed by atoms with van der Waals surface area (Å²) in [7, 11) is 0. The van der Waals surface area contributed by atoms with Crippen LogP contribution in [0.2, 0.25) is 0 Å². The van der Waals surface area contributed by atoms with Gasteiger partial charge in [-0.25, -0.2) is 15.0 Å². The lowest BCUT2D eigenvalue weighted by molar-refractivity contribution is -0.0447. The molecule has 7 nitrogen and oxygen atoms in total. The Hall–Kier alpha value is -2.07. The Bertz CT molecular complexity index is 1140. The van der Waals surface area contributed by atoms with Crippen LogP contribution in [-0.2, 0) is 17.6 Å². The molecule has 0 bridgehead atoms. The SMILES string of the molecule is CSc1cnc(C[C@H]2CC[C@H](Cc3nc4ccc(C(=O)N5CCO[C@H](CO)C5)cc4s3)C2)nc1. The average Bonchev–Trinajstić information content (AvgIpc) is 3.49. The standard InChI is InChI=1S/C25H30N4O3S2/c1-33-20-12-26-23(27-13-20)9-16-2-3-17(8-16)10-24-28-21-5-4-18(11-22(21)34-24)25(31)29-6-7-32-19(14-29)15-30/h4-5,11-13,16-17,19,30H,2-3,6-10,14-15H2,1H3/t16-,17-,19-/m0/s1. The van der Waals surface area contributed by atoms with Crippen molar-refractivity contribution in [3.05, 3.63) is 47.0 Å². The minimum atomic E-state index is -0.298. The normalized spacial score (nSPS) is 23.0. The molecule has 3 atom stereocenters. The second kappa shape index (κ2) is 10.7. The molecule has 2 aromatic heterocycles. The van der Waals surface area contributed by atoms with Crippen molar-refractivity contribution in [3.8, 4) is 0 Å². The van der Waals surface area contributed by atoms with E-state index in [9.17, 15) is 9.90 Å². The van der Waals surface area contributed by atoms with Gasteiger partial charge in [-0.3, -0.25) is 4.79 Å². The molecule has 1 aromatic carbocycles. The van der Waals surface area contributed by atoms with Gasteiger partial charge in [0.1, 0.15) is 5.82 Å². The van der Waals surface area contributed by atoms with E-state index >= 15 is 0 Å². The highest BCUT2D eigenvalue weighted by Gasteiger charge is 2.27. The highest BCUT2D eigenvalue weighted by atomic mass is 32.2. The van der Waals surface area contributed by atoms with Crippen LogP contribution in [0.4, 0.5) is 0 Å². The third-order valence-electron chi connectivity index (χ3n) is 6.81. The van der Waals surface area contributed by atoms with Crippen LogP contribution in [0, 0.1) is 11.8 Å². The summed E-state index contributed by atoms with van der Waals surface area (Å²) in [5, 5.41) is 10.5. The average molecular weight is 499 g/mol. The van der Waals surface area contributed by atoms with Crippen LogP contribution in [0.5, 0.6) is 0 Å². The number of aliphatic hydroxyl groups is 1. The number of carbonyl (C=O) groups is 1. The quantitative estimate of drug-likeness (QED) is 0.495. The number of benzene rings is 1. The Morgan fingerprint density at radius 3 is 2.79 bits per heavy atom. The maximum Gasteiger partial charge on any atom is 0.254 e. The number of carbonyl (C=O) groups excluding carboxylic acids is 1. The van der Waals surface area contributed by atoms with Crippen molar-refractivity contribution in [1.82, 2.24) is 19.9 Å². The zero-order chi connectivity index (χ0) is 23.5. The number of morpholine rings is 1. The summed E-state index contributed by atoms with van der Waals surface area (Å²) >= 11 is 3.37. The number of nitrogens with zero attached hydrogens (tertiary/aromatic N) is 4. The fraction of sp³-hybridized carbons (Fsp3) is 0.520. The highest BCUT2D eigenvalue weighted by Crippen LogP contribution is 2.36. The molecule has 3 aromatic rings. The third-order valence-corrected chi connectivity index (χ3v) is 8.53. The van der Waals surface area contributed by atoms with Gasteiger partial charge < -0.3 is 14.7 Å².